The Hall–Kier alpha value is -2.48. The lowest BCUT2D eigenvalue weighted by Gasteiger charge is -2.08. The highest BCUT2D eigenvalue weighted by molar-refractivity contribution is 6.05. The third-order valence-corrected chi connectivity index (χ3v) is 2.15. The minimum absolute atomic E-state index is 0.0465. The van der Waals surface area contributed by atoms with Crippen molar-refractivity contribution in [2.45, 2.75) is 0 Å². The number of nitrogens with two attached hydrogens (primary N) is 1. The van der Waals surface area contributed by atoms with Gasteiger partial charge in [0, 0.05) is 6.20 Å². The minimum Gasteiger partial charge on any atom is -0.494 e. The number of hydrogen-bond acceptors (Lipinski definition) is 7. The molecule has 1 aromatic heterocycles. The van der Waals surface area contributed by atoms with Gasteiger partial charge < -0.3 is 15.2 Å². The Kier molecular flexibility index (Phi) is 4.95. The van der Waals surface area contributed by atoms with E-state index in [1.807, 2.05) is 5.32 Å². The number of esters is 1. The first-order valence-electron chi connectivity index (χ1n) is 5.20. The van der Waals surface area contributed by atoms with E-state index in [0.29, 0.717) is 0 Å². The number of aromatic nitrogens is 1. The summed E-state index contributed by atoms with van der Waals surface area (Å²) in [4.78, 5) is 37.8. The summed E-state index contributed by atoms with van der Waals surface area (Å²) in [5.74, 6) is -1.98. The lowest BCUT2D eigenvalue weighted by atomic mass is 10.2. The van der Waals surface area contributed by atoms with Gasteiger partial charge in [-0.2, -0.15) is 0 Å². The van der Waals surface area contributed by atoms with Gasteiger partial charge in [-0.05, 0) is 6.07 Å². The van der Waals surface area contributed by atoms with E-state index in [9.17, 15) is 14.4 Å². The van der Waals surface area contributed by atoms with Crippen molar-refractivity contribution in [3.05, 3.63) is 23.5 Å². The van der Waals surface area contributed by atoms with E-state index in [4.69, 9.17) is 10.5 Å². The van der Waals surface area contributed by atoms with Gasteiger partial charge in [0.2, 0.25) is 5.91 Å². The maximum Gasteiger partial charge on any atom is 0.339 e. The Morgan fingerprint density at radius 2 is 2.05 bits per heavy atom. The summed E-state index contributed by atoms with van der Waals surface area (Å²) in [5, 5.41) is 2.02. The van der Waals surface area contributed by atoms with E-state index in [1.165, 1.54) is 20.3 Å². The van der Waals surface area contributed by atoms with Gasteiger partial charge in [-0.15, -0.1) is 0 Å². The van der Waals surface area contributed by atoms with Crippen LogP contribution in [0.15, 0.2) is 12.3 Å². The molecule has 0 spiro atoms. The van der Waals surface area contributed by atoms with E-state index in [1.54, 1.807) is 0 Å². The molecule has 0 unspecified atom stereocenters. The Labute approximate surface area is 108 Å². The second-order valence-corrected chi connectivity index (χ2v) is 3.35. The molecule has 102 valence electrons. The SMILES string of the molecule is COC(=O)c1cnc(C(=O)NC(=O)CN)c(OC)c1. The Morgan fingerprint density at radius 3 is 2.58 bits per heavy atom. The van der Waals surface area contributed by atoms with Gasteiger partial charge in [-0.3, -0.25) is 14.9 Å². The average Bonchev–Trinajstić information content (AvgIpc) is 2.45. The summed E-state index contributed by atoms with van der Waals surface area (Å²) in [6, 6.07) is 1.29. The molecule has 3 N–H and O–H groups in total. The fourth-order valence-electron chi connectivity index (χ4n) is 1.24. The van der Waals surface area contributed by atoms with Crippen molar-refractivity contribution in [2.75, 3.05) is 20.8 Å². The lowest BCUT2D eigenvalue weighted by molar-refractivity contribution is -0.118. The van der Waals surface area contributed by atoms with Gasteiger partial charge >= 0.3 is 5.97 Å². The summed E-state index contributed by atoms with van der Waals surface area (Å²) in [6.45, 7) is -0.325. The molecule has 8 nitrogen and oxygen atoms in total. The zero-order valence-electron chi connectivity index (χ0n) is 10.4. The van der Waals surface area contributed by atoms with Crippen molar-refractivity contribution in [3.8, 4) is 5.75 Å². The first kappa shape index (κ1) is 14.6. The number of nitrogens with zero attached hydrogens (tertiary/aromatic N) is 1. The van der Waals surface area contributed by atoms with Gasteiger partial charge in [0.1, 0.15) is 0 Å². The van der Waals surface area contributed by atoms with Crippen molar-refractivity contribution in [2.24, 2.45) is 5.73 Å². The topological polar surface area (TPSA) is 121 Å². The fraction of sp³-hybridized carbons (Fsp3) is 0.273. The molecule has 0 bridgehead atoms. The predicted octanol–water partition coefficient (Wildman–Crippen LogP) is -0.908. The van der Waals surface area contributed by atoms with E-state index in [-0.39, 0.29) is 23.6 Å². The van der Waals surface area contributed by atoms with E-state index >= 15 is 0 Å². The normalized spacial score (nSPS) is 9.63. The Morgan fingerprint density at radius 1 is 1.37 bits per heavy atom. The number of hydrogen-bond donors (Lipinski definition) is 2. The maximum absolute atomic E-state index is 11.7. The van der Waals surface area contributed by atoms with Gasteiger partial charge in [0.25, 0.3) is 5.91 Å². The van der Waals surface area contributed by atoms with Crippen molar-refractivity contribution < 1.29 is 23.9 Å². The fourth-order valence-corrected chi connectivity index (χ4v) is 1.24. The minimum atomic E-state index is -0.760. The molecule has 0 atom stereocenters. The summed E-state index contributed by atoms with van der Waals surface area (Å²) < 4.78 is 9.46. The smallest absolute Gasteiger partial charge is 0.339 e. The molecule has 1 heterocycles. The molecule has 1 aromatic rings. The van der Waals surface area contributed by atoms with Crippen LogP contribution in [0.25, 0.3) is 0 Å². The molecule has 1 rings (SSSR count). The molecule has 0 aliphatic heterocycles. The molecule has 0 saturated heterocycles. The first-order valence-corrected chi connectivity index (χ1v) is 5.20. The highest BCUT2D eigenvalue weighted by Gasteiger charge is 2.18. The molecule has 0 aliphatic rings. The van der Waals surface area contributed by atoms with Crippen molar-refractivity contribution in [1.29, 1.82) is 0 Å². The number of carbonyl (C=O) groups excluding carboxylic acids is 3. The van der Waals surface area contributed by atoms with Gasteiger partial charge in [0.15, 0.2) is 11.4 Å². The highest BCUT2D eigenvalue weighted by Crippen LogP contribution is 2.18. The second kappa shape index (κ2) is 6.45. The molecule has 0 aliphatic carbocycles. The first-order chi connectivity index (χ1) is 9.03. The number of nitrogens with one attached hydrogen (secondary N) is 1. The number of imide groups is 1. The van der Waals surface area contributed by atoms with Crippen LogP contribution in [0, 0.1) is 0 Å². The highest BCUT2D eigenvalue weighted by atomic mass is 16.5. The van der Waals surface area contributed by atoms with Crippen LogP contribution in [0.2, 0.25) is 0 Å². The Balaban J connectivity index is 3.05. The van der Waals surface area contributed by atoms with E-state index in [0.717, 1.165) is 6.20 Å². The molecular weight excluding hydrogens is 254 g/mol. The summed E-state index contributed by atoms with van der Waals surface area (Å²) >= 11 is 0. The van der Waals surface area contributed by atoms with E-state index < -0.39 is 17.8 Å². The van der Waals surface area contributed by atoms with E-state index in [2.05, 4.69) is 9.72 Å². The molecule has 19 heavy (non-hydrogen) atoms. The van der Waals surface area contributed by atoms with Crippen molar-refractivity contribution in [3.63, 3.8) is 0 Å². The largest absolute Gasteiger partial charge is 0.494 e. The lowest BCUT2D eigenvalue weighted by Crippen LogP contribution is -2.36. The molecule has 0 fully saturated rings. The van der Waals surface area contributed by atoms with Crippen LogP contribution in [-0.2, 0) is 9.53 Å². The van der Waals surface area contributed by atoms with Crippen molar-refractivity contribution >= 4 is 17.8 Å². The van der Waals surface area contributed by atoms with Crippen LogP contribution in [0.4, 0.5) is 0 Å². The number of pyridine rings is 1. The zero-order valence-corrected chi connectivity index (χ0v) is 10.4. The molecular formula is C11H13N3O5. The number of amides is 2. The average molecular weight is 267 g/mol. The Bertz CT molecular complexity index is 515. The summed E-state index contributed by atoms with van der Waals surface area (Å²) in [7, 11) is 2.52. The predicted molar refractivity (Wildman–Crippen MR) is 63.7 cm³/mol. The summed E-state index contributed by atoms with van der Waals surface area (Å²) in [5.41, 5.74) is 5.07. The monoisotopic (exact) mass is 267 g/mol. The van der Waals surface area contributed by atoms with Crippen LogP contribution in [0.3, 0.4) is 0 Å². The standard InChI is InChI=1S/C11H13N3O5/c1-18-7-3-6(11(17)19-2)5-13-9(7)10(16)14-8(15)4-12/h3,5H,4,12H2,1-2H3,(H,14,15,16). The zero-order chi connectivity index (χ0) is 14.4. The van der Waals surface area contributed by atoms with Crippen LogP contribution >= 0.6 is 0 Å². The molecule has 0 radical (unpaired) electrons. The van der Waals surface area contributed by atoms with Crippen LogP contribution < -0.4 is 15.8 Å². The number of rotatable bonds is 4. The maximum atomic E-state index is 11.7. The summed E-state index contributed by atoms with van der Waals surface area (Å²) in [6.07, 6.45) is 1.15. The van der Waals surface area contributed by atoms with Crippen molar-refractivity contribution in [1.82, 2.24) is 10.3 Å². The van der Waals surface area contributed by atoms with Crippen LogP contribution in [0.5, 0.6) is 5.75 Å². The third-order valence-electron chi connectivity index (χ3n) is 2.15. The number of methoxy groups -OCH3 is 2. The quantitative estimate of drug-likeness (QED) is 0.677. The van der Waals surface area contributed by atoms with Crippen LogP contribution in [0.1, 0.15) is 20.8 Å². The molecule has 2 amide bonds. The molecule has 8 heteroatoms. The van der Waals surface area contributed by atoms with Gasteiger partial charge in [-0.1, -0.05) is 0 Å². The van der Waals surface area contributed by atoms with Gasteiger partial charge in [-0.25, -0.2) is 9.78 Å². The number of carbonyl (C=O) groups is 3. The molecule has 0 aromatic carbocycles. The number of ether oxygens (including phenoxy) is 2. The molecule has 0 saturated carbocycles. The second-order valence-electron chi connectivity index (χ2n) is 3.35. The van der Waals surface area contributed by atoms with Gasteiger partial charge in [0.05, 0.1) is 26.3 Å². The van der Waals surface area contributed by atoms with Crippen LogP contribution in [-0.4, -0.2) is 43.5 Å². The third kappa shape index (κ3) is 3.49.